The molecule has 17 heavy (non-hydrogen) atoms. The summed E-state index contributed by atoms with van der Waals surface area (Å²) in [5, 5.41) is 3.41. The number of rotatable bonds is 6. The van der Waals surface area contributed by atoms with E-state index in [1.165, 1.54) is 11.6 Å². The molecule has 0 aromatic heterocycles. The van der Waals surface area contributed by atoms with Gasteiger partial charge in [0.15, 0.2) is 0 Å². The lowest BCUT2D eigenvalue weighted by Gasteiger charge is -2.20. The summed E-state index contributed by atoms with van der Waals surface area (Å²) < 4.78 is 13.3. The Bertz CT molecular complexity index is 385. The van der Waals surface area contributed by atoms with Crippen LogP contribution >= 0.6 is 0 Å². The smallest absolute Gasteiger partial charge is 0.123 e. The second kappa shape index (κ2) is 6.55. The topological polar surface area (TPSA) is 12.0 Å². The van der Waals surface area contributed by atoms with Crippen molar-refractivity contribution in [2.45, 2.75) is 39.7 Å². The summed E-state index contributed by atoms with van der Waals surface area (Å²) in [6.45, 7) is 10.9. The molecule has 0 heterocycles. The molecule has 2 heteroatoms. The number of halogens is 1. The predicted octanol–water partition coefficient (Wildman–Crippen LogP) is 4.14. The van der Waals surface area contributed by atoms with Gasteiger partial charge in [0, 0.05) is 6.04 Å². The lowest BCUT2D eigenvalue weighted by Crippen LogP contribution is -2.22. The van der Waals surface area contributed by atoms with Gasteiger partial charge in [-0.25, -0.2) is 4.39 Å². The van der Waals surface area contributed by atoms with E-state index in [1.54, 1.807) is 6.07 Å². The van der Waals surface area contributed by atoms with E-state index >= 15 is 0 Å². The Morgan fingerprint density at radius 2 is 2.18 bits per heavy atom. The molecule has 0 spiro atoms. The molecule has 1 atom stereocenters. The molecule has 94 valence electrons. The Hall–Kier alpha value is -1.15. The van der Waals surface area contributed by atoms with E-state index in [-0.39, 0.29) is 11.9 Å². The minimum absolute atomic E-state index is 0.163. The standard InChI is InChI=1S/C15H22FN/c1-5-17-15(9-6-11(2)3)14-10-13(16)8-7-12(14)4/h7-8,10,15,17H,2,5-6,9H2,1,3-4H3. The minimum Gasteiger partial charge on any atom is -0.310 e. The maximum atomic E-state index is 13.3. The average molecular weight is 235 g/mol. The van der Waals surface area contributed by atoms with E-state index < -0.39 is 0 Å². The first-order chi connectivity index (χ1) is 8.04. The molecule has 1 N–H and O–H groups in total. The van der Waals surface area contributed by atoms with Crippen LogP contribution in [0.3, 0.4) is 0 Å². The summed E-state index contributed by atoms with van der Waals surface area (Å²) in [6, 6.07) is 5.21. The summed E-state index contributed by atoms with van der Waals surface area (Å²) in [7, 11) is 0. The molecule has 0 aliphatic rings. The second-order valence-corrected chi connectivity index (χ2v) is 4.61. The lowest BCUT2D eigenvalue weighted by molar-refractivity contribution is 0.508. The average Bonchev–Trinajstić information content (AvgIpc) is 2.27. The molecule has 0 saturated heterocycles. The fourth-order valence-corrected chi connectivity index (χ4v) is 1.99. The van der Waals surface area contributed by atoms with Gasteiger partial charge >= 0.3 is 0 Å². The zero-order valence-corrected chi connectivity index (χ0v) is 11.0. The molecular formula is C15H22FN. The van der Waals surface area contributed by atoms with E-state index in [1.807, 2.05) is 19.9 Å². The van der Waals surface area contributed by atoms with Crippen molar-refractivity contribution in [1.29, 1.82) is 0 Å². The van der Waals surface area contributed by atoms with Crippen LogP contribution in [0.2, 0.25) is 0 Å². The van der Waals surface area contributed by atoms with E-state index in [9.17, 15) is 4.39 Å². The van der Waals surface area contributed by atoms with Gasteiger partial charge in [-0.15, -0.1) is 6.58 Å². The molecule has 0 radical (unpaired) electrons. The van der Waals surface area contributed by atoms with Gasteiger partial charge in [-0.3, -0.25) is 0 Å². The van der Waals surface area contributed by atoms with E-state index in [4.69, 9.17) is 0 Å². The van der Waals surface area contributed by atoms with Crippen molar-refractivity contribution in [2.75, 3.05) is 6.54 Å². The largest absolute Gasteiger partial charge is 0.310 e. The summed E-state index contributed by atoms with van der Waals surface area (Å²) in [6.07, 6.45) is 1.93. The maximum Gasteiger partial charge on any atom is 0.123 e. The highest BCUT2D eigenvalue weighted by molar-refractivity contribution is 5.29. The molecule has 1 unspecified atom stereocenters. The summed E-state index contributed by atoms with van der Waals surface area (Å²) in [5.74, 6) is -0.163. The molecule has 0 amide bonds. The summed E-state index contributed by atoms with van der Waals surface area (Å²) in [4.78, 5) is 0. The maximum absolute atomic E-state index is 13.3. The van der Waals surface area contributed by atoms with Gasteiger partial charge in [0.1, 0.15) is 5.82 Å². The van der Waals surface area contributed by atoms with Crippen LogP contribution in [0, 0.1) is 12.7 Å². The number of hydrogen-bond donors (Lipinski definition) is 1. The monoisotopic (exact) mass is 235 g/mol. The number of benzene rings is 1. The van der Waals surface area contributed by atoms with Crippen molar-refractivity contribution in [3.05, 3.63) is 47.3 Å². The Labute approximate surface area is 104 Å². The molecule has 0 aliphatic heterocycles. The highest BCUT2D eigenvalue weighted by Gasteiger charge is 2.13. The third-order valence-electron chi connectivity index (χ3n) is 2.93. The van der Waals surface area contributed by atoms with Crippen LogP contribution in [0.4, 0.5) is 4.39 Å². The molecule has 1 nitrogen and oxygen atoms in total. The van der Waals surface area contributed by atoms with Crippen LogP contribution in [0.25, 0.3) is 0 Å². The molecule has 0 aliphatic carbocycles. The zero-order valence-electron chi connectivity index (χ0n) is 11.0. The van der Waals surface area contributed by atoms with Crippen LogP contribution < -0.4 is 5.32 Å². The quantitative estimate of drug-likeness (QED) is 0.731. The third kappa shape index (κ3) is 4.31. The van der Waals surface area contributed by atoms with E-state index in [2.05, 4.69) is 18.8 Å². The fraction of sp³-hybridized carbons (Fsp3) is 0.467. The molecule has 1 aromatic carbocycles. The van der Waals surface area contributed by atoms with Crippen LogP contribution in [0.15, 0.2) is 30.4 Å². The zero-order chi connectivity index (χ0) is 12.8. The van der Waals surface area contributed by atoms with Crippen LogP contribution in [0.5, 0.6) is 0 Å². The highest BCUT2D eigenvalue weighted by atomic mass is 19.1. The fourth-order valence-electron chi connectivity index (χ4n) is 1.99. The number of allylic oxidation sites excluding steroid dienone is 1. The normalized spacial score (nSPS) is 12.5. The van der Waals surface area contributed by atoms with Gasteiger partial charge in [-0.2, -0.15) is 0 Å². The SMILES string of the molecule is C=C(C)CCC(NCC)c1cc(F)ccc1C. The van der Waals surface area contributed by atoms with Gasteiger partial charge < -0.3 is 5.32 Å². The number of nitrogens with one attached hydrogen (secondary N) is 1. The Morgan fingerprint density at radius 1 is 1.47 bits per heavy atom. The van der Waals surface area contributed by atoms with Gasteiger partial charge in [-0.1, -0.05) is 18.6 Å². The van der Waals surface area contributed by atoms with Crippen molar-refractivity contribution < 1.29 is 4.39 Å². The van der Waals surface area contributed by atoms with E-state index in [0.717, 1.165) is 30.5 Å². The first-order valence-corrected chi connectivity index (χ1v) is 6.18. The first kappa shape index (κ1) is 13.9. The van der Waals surface area contributed by atoms with Gasteiger partial charge in [0.05, 0.1) is 0 Å². The Morgan fingerprint density at radius 3 is 2.76 bits per heavy atom. The minimum atomic E-state index is -0.163. The molecular weight excluding hydrogens is 213 g/mol. The summed E-state index contributed by atoms with van der Waals surface area (Å²) >= 11 is 0. The summed E-state index contributed by atoms with van der Waals surface area (Å²) in [5.41, 5.74) is 3.37. The van der Waals surface area contributed by atoms with Gasteiger partial charge in [-0.05, 0) is 56.5 Å². The predicted molar refractivity (Wildman–Crippen MR) is 71.6 cm³/mol. The highest BCUT2D eigenvalue weighted by Crippen LogP contribution is 2.24. The van der Waals surface area contributed by atoms with E-state index in [0.29, 0.717) is 0 Å². The lowest BCUT2D eigenvalue weighted by atomic mass is 9.96. The van der Waals surface area contributed by atoms with Crippen LogP contribution in [0.1, 0.15) is 43.9 Å². The van der Waals surface area contributed by atoms with Crippen molar-refractivity contribution in [2.24, 2.45) is 0 Å². The molecule has 1 rings (SSSR count). The van der Waals surface area contributed by atoms with Crippen molar-refractivity contribution in [3.8, 4) is 0 Å². The number of aryl methyl sites for hydroxylation is 1. The van der Waals surface area contributed by atoms with Crippen molar-refractivity contribution >= 4 is 0 Å². The molecule has 0 fully saturated rings. The first-order valence-electron chi connectivity index (χ1n) is 6.18. The van der Waals surface area contributed by atoms with Gasteiger partial charge in [0.25, 0.3) is 0 Å². The Kier molecular flexibility index (Phi) is 5.36. The molecule has 0 saturated carbocycles. The molecule has 0 bridgehead atoms. The molecule has 1 aromatic rings. The van der Waals surface area contributed by atoms with Crippen molar-refractivity contribution in [1.82, 2.24) is 5.32 Å². The third-order valence-corrected chi connectivity index (χ3v) is 2.93. The van der Waals surface area contributed by atoms with Gasteiger partial charge in [0.2, 0.25) is 0 Å². The van der Waals surface area contributed by atoms with Crippen LogP contribution in [-0.2, 0) is 0 Å². The number of hydrogen-bond acceptors (Lipinski definition) is 1. The van der Waals surface area contributed by atoms with Crippen molar-refractivity contribution in [3.63, 3.8) is 0 Å². The Balaban J connectivity index is 2.87. The van der Waals surface area contributed by atoms with Crippen LogP contribution in [-0.4, -0.2) is 6.54 Å². The second-order valence-electron chi connectivity index (χ2n) is 4.61.